The first kappa shape index (κ1) is 28.4. The molecule has 0 aromatic carbocycles. The summed E-state index contributed by atoms with van der Waals surface area (Å²) in [5.74, 6) is 1.95. The van der Waals surface area contributed by atoms with Gasteiger partial charge in [-0.05, 0) is 46.8 Å². The average Bonchev–Trinajstić information content (AvgIpc) is 2.76. The van der Waals surface area contributed by atoms with Crippen LogP contribution in [0.25, 0.3) is 0 Å². The number of anilines is 1. The molecule has 1 saturated heterocycles. The molecular formula is C23H42IN7O. The fraction of sp³-hybridized carbons (Fsp3) is 0.696. The highest BCUT2D eigenvalue weighted by atomic mass is 127. The number of nitrogens with one attached hydrogen (secondary N) is 2. The molecule has 0 unspecified atom stereocenters. The Morgan fingerprint density at radius 3 is 2.38 bits per heavy atom. The Morgan fingerprint density at radius 2 is 1.81 bits per heavy atom. The molecule has 2 N–H and O–H groups in total. The number of rotatable bonds is 10. The van der Waals surface area contributed by atoms with Crippen LogP contribution in [0, 0.1) is 0 Å². The lowest BCUT2D eigenvalue weighted by Gasteiger charge is -2.35. The standard InChI is InChI=1S/C23H41N7O.HI/c1-6-24-23(27-13-14-30(19(2)3)20(4)5)26-12-10-22(31)29-17-15-28(16-18-29)21-9-7-8-11-25-21;/h7-9,11,19-20H,6,10,12-18H2,1-5H3,(H2,24,26,27);1H. The molecule has 0 aliphatic carbocycles. The SMILES string of the molecule is CCNC(=NCCN(C(C)C)C(C)C)NCCC(=O)N1CCN(c2ccccn2)CC1.I. The minimum absolute atomic E-state index is 0. The molecule has 2 rings (SSSR count). The minimum Gasteiger partial charge on any atom is -0.357 e. The quantitative estimate of drug-likeness (QED) is 0.261. The third-order valence-corrected chi connectivity index (χ3v) is 5.54. The molecule has 182 valence electrons. The van der Waals surface area contributed by atoms with Crippen molar-refractivity contribution in [2.45, 2.75) is 53.1 Å². The van der Waals surface area contributed by atoms with Gasteiger partial charge in [-0.2, -0.15) is 0 Å². The van der Waals surface area contributed by atoms with Crippen LogP contribution >= 0.6 is 24.0 Å². The average molecular weight is 560 g/mol. The predicted molar refractivity (Wildman–Crippen MR) is 144 cm³/mol. The van der Waals surface area contributed by atoms with E-state index in [1.807, 2.05) is 29.3 Å². The summed E-state index contributed by atoms with van der Waals surface area (Å²) in [6.45, 7) is 17.1. The van der Waals surface area contributed by atoms with Gasteiger partial charge < -0.3 is 20.4 Å². The van der Waals surface area contributed by atoms with Crippen molar-refractivity contribution in [2.24, 2.45) is 4.99 Å². The fourth-order valence-electron chi connectivity index (χ4n) is 3.90. The molecule has 0 radical (unpaired) electrons. The lowest BCUT2D eigenvalue weighted by atomic mass is 10.2. The van der Waals surface area contributed by atoms with E-state index in [1.165, 1.54) is 0 Å². The summed E-state index contributed by atoms with van der Waals surface area (Å²) in [6.07, 6.45) is 2.28. The van der Waals surface area contributed by atoms with Crippen LogP contribution < -0.4 is 15.5 Å². The largest absolute Gasteiger partial charge is 0.357 e. The number of guanidine groups is 1. The number of aromatic nitrogens is 1. The molecule has 2 heterocycles. The molecule has 1 aliphatic heterocycles. The highest BCUT2D eigenvalue weighted by Gasteiger charge is 2.21. The zero-order chi connectivity index (χ0) is 22.6. The molecule has 1 amide bonds. The summed E-state index contributed by atoms with van der Waals surface area (Å²) >= 11 is 0. The zero-order valence-corrected chi connectivity index (χ0v) is 22.7. The van der Waals surface area contributed by atoms with Gasteiger partial charge in [-0.25, -0.2) is 4.98 Å². The first-order valence-electron chi connectivity index (χ1n) is 11.6. The van der Waals surface area contributed by atoms with E-state index in [-0.39, 0.29) is 29.9 Å². The highest BCUT2D eigenvalue weighted by Crippen LogP contribution is 2.12. The van der Waals surface area contributed by atoms with Gasteiger partial charge in [0.2, 0.25) is 5.91 Å². The van der Waals surface area contributed by atoms with Crippen LogP contribution in [-0.4, -0.2) is 91.1 Å². The smallest absolute Gasteiger partial charge is 0.224 e. The van der Waals surface area contributed by atoms with Crippen LogP contribution in [0.15, 0.2) is 29.4 Å². The van der Waals surface area contributed by atoms with Crippen molar-refractivity contribution >= 4 is 41.7 Å². The normalized spacial score (nSPS) is 14.7. The molecule has 0 bridgehead atoms. The summed E-state index contributed by atoms with van der Waals surface area (Å²) in [5, 5.41) is 6.58. The molecule has 9 heteroatoms. The summed E-state index contributed by atoms with van der Waals surface area (Å²) in [6, 6.07) is 6.94. The Morgan fingerprint density at radius 1 is 1.12 bits per heavy atom. The molecule has 1 aromatic heterocycles. The van der Waals surface area contributed by atoms with Gasteiger partial charge in [-0.1, -0.05) is 6.07 Å². The Hall–Kier alpha value is -1.62. The van der Waals surface area contributed by atoms with Gasteiger partial charge in [0.15, 0.2) is 5.96 Å². The maximum Gasteiger partial charge on any atom is 0.224 e. The number of amides is 1. The molecule has 0 atom stereocenters. The molecule has 1 aliphatic rings. The van der Waals surface area contributed by atoms with Gasteiger partial charge in [0, 0.05) is 70.5 Å². The third-order valence-electron chi connectivity index (χ3n) is 5.54. The molecular weight excluding hydrogens is 517 g/mol. The van der Waals surface area contributed by atoms with E-state index in [4.69, 9.17) is 0 Å². The molecule has 8 nitrogen and oxygen atoms in total. The molecule has 1 fully saturated rings. The molecule has 0 saturated carbocycles. The van der Waals surface area contributed by atoms with Crippen molar-refractivity contribution in [1.82, 2.24) is 25.4 Å². The van der Waals surface area contributed by atoms with Crippen molar-refractivity contribution in [2.75, 3.05) is 57.3 Å². The van der Waals surface area contributed by atoms with Crippen LogP contribution in [0.1, 0.15) is 41.0 Å². The zero-order valence-electron chi connectivity index (χ0n) is 20.4. The van der Waals surface area contributed by atoms with E-state index < -0.39 is 0 Å². The number of aliphatic imine (C=N–C) groups is 1. The summed E-state index contributed by atoms with van der Waals surface area (Å²) < 4.78 is 0. The lowest BCUT2D eigenvalue weighted by molar-refractivity contribution is -0.131. The third kappa shape index (κ3) is 9.48. The van der Waals surface area contributed by atoms with E-state index in [0.29, 0.717) is 25.0 Å². The van der Waals surface area contributed by atoms with E-state index in [2.05, 4.69) is 65.0 Å². The first-order valence-corrected chi connectivity index (χ1v) is 11.6. The summed E-state index contributed by atoms with van der Waals surface area (Å²) in [5.41, 5.74) is 0. The number of carbonyl (C=O) groups is 1. The number of pyridine rings is 1. The highest BCUT2D eigenvalue weighted by molar-refractivity contribution is 14.0. The van der Waals surface area contributed by atoms with Crippen LogP contribution in [0.5, 0.6) is 0 Å². The van der Waals surface area contributed by atoms with Crippen LogP contribution in [0.2, 0.25) is 0 Å². The van der Waals surface area contributed by atoms with E-state index in [1.54, 1.807) is 0 Å². The Bertz CT molecular complexity index is 668. The maximum absolute atomic E-state index is 12.6. The molecule has 0 spiro atoms. The van der Waals surface area contributed by atoms with Crippen LogP contribution in [0.4, 0.5) is 5.82 Å². The van der Waals surface area contributed by atoms with Crippen molar-refractivity contribution in [3.8, 4) is 0 Å². The van der Waals surface area contributed by atoms with E-state index in [9.17, 15) is 4.79 Å². The summed E-state index contributed by atoms with van der Waals surface area (Å²) in [7, 11) is 0. The summed E-state index contributed by atoms with van der Waals surface area (Å²) in [4.78, 5) is 28.3. The van der Waals surface area contributed by atoms with E-state index >= 15 is 0 Å². The first-order chi connectivity index (χ1) is 14.9. The number of carbonyl (C=O) groups excluding carboxylic acids is 1. The number of hydrogen-bond donors (Lipinski definition) is 2. The van der Waals surface area contributed by atoms with Crippen molar-refractivity contribution in [1.29, 1.82) is 0 Å². The Labute approximate surface area is 211 Å². The Balaban J connectivity index is 0.00000512. The number of hydrogen-bond acceptors (Lipinski definition) is 5. The minimum atomic E-state index is 0. The fourth-order valence-corrected chi connectivity index (χ4v) is 3.90. The van der Waals surface area contributed by atoms with E-state index in [0.717, 1.165) is 57.6 Å². The van der Waals surface area contributed by atoms with Crippen molar-refractivity contribution < 1.29 is 4.79 Å². The second kappa shape index (κ2) is 15.3. The van der Waals surface area contributed by atoms with Gasteiger partial charge >= 0.3 is 0 Å². The van der Waals surface area contributed by atoms with Gasteiger partial charge in [0.25, 0.3) is 0 Å². The monoisotopic (exact) mass is 559 g/mol. The molecule has 32 heavy (non-hydrogen) atoms. The second-order valence-electron chi connectivity index (χ2n) is 8.42. The van der Waals surface area contributed by atoms with Crippen molar-refractivity contribution in [3.63, 3.8) is 0 Å². The molecule has 1 aromatic rings. The van der Waals surface area contributed by atoms with Crippen LogP contribution in [0.3, 0.4) is 0 Å². The van der Waals surface area contributed by atoms with Gasteiger partial charge in [-0.15, -0.1) is 24.0 Å². The number of piperazine rings is 1. The van der Waals surface area contributed by atoms with Gasteiger partial charge in [0.1, 0.15) is 5.82 Å². The van der Waals surface area contributed by atoms with Gasteiger partial charge in [0.05, 0.1) is 6.54 Å². The predicted octanol–water partition coefficient (Wildman–Crippen LogP) is 2.41. The number of nitrogens with zero attached hydrogens (tertiary/aromatic N) is 5. The van der Waals surface area contributed by atoms with Crippen LogP contribution in [-0.2, 0) is 4.79 Å². The Kier molecular flexibility index (Phi) is 13.5. The lowest BCUT2D eigenvalue weighted by Crippen LogP contribution is -2.49. The van der Waals surface area contributed by atoms with Gasteiger partial charge in [-0.3, -0.25) is 14.7 Å². The second-order valence-corrected chi connectivity index (χ2v) is 8.42. The van der Waals surface area contributed by atoms with Crippen molar-refractivity contribution in [3.05, 3.63) is 24.4 Å². The topological polar surface area (TPSA) is 76.1 Å². The number of halogens is 1. The maximum atomic E-state index is 12.6.